The molecule has 0 unspecified atom stereocenters. The Bertz CT molecular complexity index is 66.0. The van der Waals surface area contributed by atoms with Gasteiger partial charge >= 0.3 is 18.9 Å². The number of hydrogen-bond acceptors (Lipinski definition) is 2. The topological polar surface area (TPSA) is 52.0 Å². The molecule has 0 heterocycles. The van der Waals surface area contributed by atoms with E-state index in [0.29, 0.717) is 0 Å². The van der Waals surface area contributed by atoms with Crippen molar-refractivity contribution in [1.29, 1.82) is 0 Å². The van der Waals surface area contributed by atoms with E-state index in [1.165, 1.54) is 0 Å². The van der Waals surface area contributed by atoms with Crippen molar-refractivity contribution in [2.45, 2.75) is 38.8 Å². The monoisotopic (exact) mass is 124 g/mol. The van der Waals surface area contributed by atoms with E-state index in [1.54, 1.807) is 0 Å². The van der Waals surface area contributed by atoms with E-state index in [1.807, 2.05) is 27.7 Å². The van der Waals surface area contributed by atoms with Crippen molar-refractivity contribution < 1.29 is 0 Å². The Morgan fingerprint density at radius 2 is 0.889 bits per heavy atom. The van der Waals surface area contributed by atoms with Crippen molar-refractivity contribution >= 4 is 18.9 Å². The average molecular weight is 124 g/mol. The molecule has 3 heteroatoms. The van der Waals surface area contributed by atoms with Gasteiger partial charge in [-0.2, -0.15) is 0 Å². The molecular weight excluding hydrogens is 107 g/mol. The van der Waals surface area contributed by atoms with Crippen molar-refractivity contribution in [2.75, 3.05) is 0 Å². The quantitative estimate of drug-likeness (QED) is 0.476. The Morgan fingerprint density at radius 3 is 0.889 bits per heavy atom. The van der Waals surface area contributed by atoms with Crippen LogP contribution in [0.3, 0.4) is 0 Å². The van der Waals surface area contributed by atoms with Crippen LogP contribution in [0, 0.1) is 0 Å². The van der Waals surface area contributed by atoms with Crippen LogP contribution in [-0.2, 0) is 0 Å². The zero-order valence-electron chi connectivity index (χ0n) is 6.15. The van der Waals surface area contributed by atoms with Crippen LogP contribution in [-0.4, -0.2) is 29.9 Å². The Balaban J connectivity index is 0. The van der Waals surface area contributed by atoms with Crippen LogP contribution >= 0.6 is 0 Å². The van der Waals surface area contributed by atoms with Gasteiger partial charge in [0.25, 0.3) is 0 Å². The zero-order chi connectivity index (χ0) is 7.00. The second-order valence-corrected chi connectivity index (χ2v) is 3.44. The van der Waals surface area contributed by atoms with E-state index in [-0.39, 0.29) is 29.9 Å². The van der Waals surface area contributed by atoms with Gasteiger partial charge < -0.3 is 11.5 Å². The summed E-state index contributed by atoms with van der Waals surface area (Å²) in [5.74, 6) is 0. The summed E-state index contributed by atoms with van der Waals surface area (Å²) in [6, 6.07) is 0. The predicted molar refractivity (Wildman–Crippen MR) is 43.7 cm³/mol. The summed E-state index contributed by atoms with van der Waals surface area (Å²) in [5, 5.41) is 0. The minimum atomic E-state index is -0.285. The first-order valence-electron chi connectivity index (χ1n) is 2.83. The molecule has 52 valence electrons. The molecule has 0 spiro atoms. The predicted octanol–water partition coefficient (Wildman–Crippen LogP) is -0.187. The van der Waals surface area contributed by atoms with Gasteiger partial charge in [-0.05, 0) is 27.7 Å². The summed E-state index contributed by atoms with van der Waals surface area (Å²) >= 11 is 0. The molecule has 0 aliphatic heterocycles. The third-order valence-electron chi connectivity index (χ3n) is 1.66. The van der Waals surface area contributed by atoms with E-state index in [9.17, 15) is 0 Å². The zero-order valence-corrected chi connectivity index (χ0v) is 6.15. The Morgan fingerprint density at radius 1 is 0.778 bits per heavy atom. The molecule has 9 heavy (non-hydrogen) atoms. The molecule has 0 amide bonds. The van der Waals surface area contributed by atoms with Gasteiger partial charge in [-0.15, -0.1) is 0 Å². The fourth-order valence-corrected chi connectivity index (χ4v) is 0. The third-order valence-corrected chi connectivity index (χ3v) is 1.66. The van der Waals surface area contributed by atoms with E-state index in [0.717, 1.165) is 0 Å². The molecule has 0 aromatic carbocycles. The maximum absolute atomic E-state index is 5.69. The summed E-state index contributed by atoms with van der Waals surface area (Å²) in [4.78, 5) is 0. The third kappa shape index (κ3) is 3.99. The van der Waals surface area contributed by atoms with Gasteiger partial charge in [0, 0.05) is 11.1 Å². The normalized spacial score (nSPS) is 12.7. The van der Waals surface area contributed by atoms with Crippen molar-refractivity contribution in [3.63, 3.8) is 0 Å². The first-order valence-corrected chi connectivity index (χ1v) is 2.83. The van der Waals surface area contributed by atoms with Crippen molar-refractivity contribution in [2.24, 2.45) is 11.5 Å². The minimum absolute atomic E-state index is 0. The van der Waals surface area contributed by atoms with E-state index >= 15 is 0 Å². The number of rotatable bonds is 1. The first-order chi connectivity index (χ1) is 3.25. The molecule has 0 saturated carbocycles. The molecule has 0 bridgehead atoms. The van der Waals surface area contributed by atoms with Crippen LogP contribution in [0.2, 0.25) is 0 Å². The second-order valence-electron chi connectivity index (χ2n) is 3.44. The Kier molecular flexibility index (Phi) is 4.17. The standard InChI is InChI=1S/C6H16N2.Li.H/c1-5(2,7)6(3,4)8;;/h7-8H2,1-4H3;;. The molecule has 0 fully saturated rings. The van der Waals surface area contributed by atoms with Crippen LogP contribution in [0.25, 0.3) is 0 Å². The summed E-state index contributed by atoms with van der Waals surface area (Å²) in [6.45, 7) is 7.69. The van der Waals surface area contributed by atoms with Crippen LogP contribution in [0.1, 0.15) is 27.7 Å². The van der Waals surface area contributed by atoms with E-state index < -0.39 is 0 Å². The van der Waals surface area contributed by atoms with Gasteiger partial charge in [-0.25, -0.2) is 0 Å². The molecule has 0 aliphatic rings. The van der Waals surface area contributed by atoms with Crippen LogP contribution in [0.5, 0.6) is 0 Å². The molecule has 0 atom stereocenters. The fourth-order valence-electron chi connectivity index (χ4n) is 0. The molecule has 4 N–H and O–H groups in total. The van der Waals surface area contributed by atoms with Crippen LogP contribution in [0.15, 0.2) is 0 Å². The van der Waals surface area contributed by atoms with Crippen molar-refractivity contribution in [1.82, 2.24) is 0 Å². The maximum atomic E-state index is 5.69. The van der Waals surface area contributed by atoms with Gasteiger partial charge in [0.2, 0.25) is 0 Å². The average Bonchev–Trinajstić information content (AvgIpc) is 1.25. The number of hydrogen-bond donors (Lipinski definition) is 2. The van der Waals surface area contributed by atoms with Gasteiger partial charge in [0.05, 0.1) is 0 Å². The molecular formula is C6H17LiN2. The summed E-state index contributed by atoms with van der Waals surface area (Å²) in [7, 11) is 0. The molecule has 0 aromatic heterocycles. The first kappa shape index (κ1) is 12.2. The van der Waals surface area contributed by atoms with Gasteiger partial charge in [0.1, 0.15) is 0 Å². The second kappa shape index (κ2) is 3.07. The van der Waals surface area contributed by atoms with Crippen molar-refractivity contribution in [3.8, 4) is 0 Å². The van der Waals surface area contributed by atoms with Crippen LogP contribution < -0.4 is 11.5 Å². The van der Waals surface area contributed by atoms with Gasteiger partial charge in [-0.3, -0.25) is 0 Å². The number of nitrogens with two attached hydrogens (primary N) is 2. The summed E-state index contributed by atoms with van der Waals surface area (Å²) < 4.78 is 0. The molecule has 0 aromatic rings. The summed E-state index contributed by atoms with van der Waals surface area (Å²) in [6.07, 6.45) is 0. The Labute approximate surface area is 69.5 Å². The molecule has 0 rings (SSSR count). The van der Waals surface area contributed by atoms with Gasteiger partial charge in [0.15, 0.2) is 0 Å². The van der Waals surface area contributed by atoms with Crippen molar-refractivity contribution in [3.05, 3.63) is 0 Å². The summed E-state index contributed by atoms with van der Waals surface area (Å²) in [5.41, 5.74) is 10.8. The molecule has 2 nitrogen and oxygen atoms in total. The van der Waals surface area contributed by atoms with E-state index in [2.05, 4.69) is 0 Å². The van der Waals surface area contributed by atoms with Gasteiger partial charge in [-0.1, -0.05) is 0 Å². The molecule has 0 saturated heterocycles. The molecule has 0 radical (unpaired) electrons. The fraction of sp³-hybridized carbons (Fsp3) is 1.00. The van der Waals surface area contributed by atoms with E-state index in [4.69, 9.17) is 11.5 Å². The Hall–Kier alpha value is 0.517. The molecule has 0 aliphatic carbocycles. The van der Waals surface area contributed by atoms with Crippen LogP contribution in [0.4, 0.5) is 0 Å². The SMILES string of the molecule is CC(C)(N)C(C)(C)N.[LiH].